The van der Waals surface area contributed by atoms with E-state index in [2.05, 4.69) is 15.0 Å². The zero-order valence-corrected chi connectivity index (χ0v) is 11.4. The lowest BCUT2D eigenvalue weighted by Gasteiger charge is -2.07. The van der Waals surface area contributed by atoms with Gasteiger partial charge in [-0.15, -0.1) is 0 Å². The number of aromatic nitrogens is 3. The fraction of sp³-hybridized carbons (Fsp3) is 0.250. The Kier molecular flexibility index (Phi) is 4.43. The molecule has 0 fully saturated rings. The molecule has 20 heavy (non-hydrogen) atoms. The van der Waals surface area contributed by atoms with Crippen molar-refractivity contribution in [1.29, 1.82) is 0 Å². The maximum absolute atomic E-state index is 13.6. The van der Waals surface area contributed by atoms with Crippen LogP contribution < -0.4 is 4.74 Å². The smallest absolute Gasteiger partial charge is 0.280 e. The molecule has 0 aliphatic carbocycles. The molecule has 0 radical (unpaired) electrons. The fourth-order valence-corrected chi connectivity index (χ4v) is 1.90. The summed E-state index contributed by atoms with van der Waals surface area (Å²) >= 11 is 1.13. The van der Waals surface area contributed by atoms with E-state index in [4.69, 9.17) is 4.74 Å². The topological polar surface area (TPSA) is 47.9 Å². The SMILES string of the molecule is COc1ncc(-c2cc(C(F)F)nc(SC)n2)cc1F. The van der Waals surface area contributed by atoms with Crippen molar-refractivity contribution in [3.05, 3.63) is 29.8 Å². The van der Waals surface area contributed by atoms with Gasteiger partial charge in [0.05, 0.1) is 12.8 Å². The van der Waals surface area contributed by atoms with E-state index < -0.39 is 17.9 Å². The van der Waals surface area contributed by atoms with Crippen molar-refractivity contribution >= 4 is 11.8 Å². The predicted octanol–water partition coefficient (Wildman–Crippen LogP) is 3.35. The summed E-state index contributed by atoms with van der Waals surface area (Å²) in [6.45, 7) is 0. The Morgan fingerprint density at radius 1 is 1.25 bits per heavy atom. The second-order valence-electron chi connectivity index (χ2n) is 3.68. The minimum absolute atomic E-state index is 0.165. The minimum atomic E-state index is -2.72. The Morgan fingerprint density at radius 3 is 2.55 bits per heavy atom. The first-order valence-electron chi connectivity index (χ1n) is 5.46. The van der Waals surface area contributed by atoms with Crippen molar-refractivity contribution in [2.45, 2.75) is 11.6 Å². The molecule has 0 unspecified atom stereocenters. The molecule has 0 N–H and O–H groups in total. The summed E-state index contributed by atoms with van der Waals surface area (Å²) in [4.78, 5) is 11.5. The van der Waals surface area contributed by atoms with Gasteiger partial charge in [0, 0.05) is 11.8 Å². The molecule has 8 heteroatoms. The van der Waals surface area contributed by atoms with Crippen LogP contribution in [0.15, 0.2) is 23.5 Å². The summed E-state index contributed by atoms with van der Waals surface area (Å²) in [5, 5.41) is 0.189. The molecule has 0 spiro atoms. The van der Waals surface area contributed by atoms with Gasteiger partial charge < -0.3 is 4.74 Å². The molecule has 0 saturated carbocycles. The van der Waals surface area contributed by atoms with Crippen molar-refractivity contribution in [2.24, 2.45) is 0 Å². The zero-order chi connectivity index (χ0) is 14.7. The zero-order valence-electron chi connectivity index (χ0n) is 10.6. The first-order valence-corrected chi connectivity index (χ1v) is 6.68. The average molecular weight is 301 g/mol. The molecular weight excluding hydrogens is 291 g/mol. The van der Waals surface area contributed by atoms with Crippen LogP contribution in [0.1, 0.15) is 12.1 Å². The molecule has 0 aliphatic rings. The van der Waals surface area contributed by atoms with E-state index in [9.17, 15) is 13.2 Å². The third-order valence-corrected chi connectivity index (χ3v) is 2.98. The van der Waals surface area contributed by atoms with Gasteiger partial charge in [0.15, 0.2) is 11.0 Å². The van der Waals surface area contributed by atoms with Crippen molar-refractivity contribution in [3.8, 4) is 17.1 Å². The standard InChI is InChI=1S/C12H10F3N3OS/c1-19-11-7(13)3-6(5-16-11)8-4-9(10(14)15)18-12(17-8)20-2/h3-5,10H,1-2H3. The second kappa shape index (κ2) is 6.08. The van der Waals surface area contributed by atoms with E-state index >= 15 is 0 Å². The van der Waals surface area contributed by atoms with Gasteiger partial charge >= 0.3 is 0 Å². The molecule has 2 rings (SSSR count). The molecule has 0 atom stereocenters. The highest BCUT2D eigenvalue weighted by molar-refractivity contribution is 7.98. The lowest BCUT2D eigenvalue weighted by Crippen LogP contribution is -1.99. The summed E-state index contributed by atoms with van der Waals surface area (Å²) in [7, 11) is 1.29. The molecule has 0 aliphatic heterocycles. The molecule has 0 saturated heterocycles. The molecule has 106 valence electrons. The molecule has 0 aromatic carbocycles. The monoisotopic (exact) mass is 301 g/mol. The van der Waals surface area contributed by atoms with Crippen LogP contribution in [0, 0.1) is 5.82 Å². The maximum atomic E-state index is 13.6. The van der Waals surface area contributed by atoms with Crippen LogP contribution in [-0.2, 0) is 0 Å². The first-order chi connectivity index (χ1) is 9.55. The number of ether oxygens (including phenoxy) is 1. The van der Waals surface area contributed by atoms with Gasteiger partial charge in [-0.25, -0.2) is 28.1 Å². The molecule has 2 aromatic rings. The highest BCUT2D eigenvalue weighted by atomic mass is 32.2. The van der Waals surface area contributed by atoms with Gasteiger partial charge in [-0.1, -0.05) is 11.8 Å². The molecule has 2 aromatic heterocycles. The van der Waals surface area contributed by atoms with Crippen LogP contribution in [-0.4, -0.2) is 28.3 Å². The van der Waals surface area contributed by atoms with Gasteiger partial charge in [0.25, 0.3) is 6.43 Å². The van der Waals surface area contributed by atoms with Gasteiger partial charge in [-0.2, -0.15) is 0 Å². The minimum Gasteiger partial charge on any atom is -0.479 e. The normalized spacial score (nSPS) is 10.9. The Balaban J connectivity index is 2.51. The molecule has 0 amide bonds. The number of thioether (sulfide) groups is 1. The summed E-state index contributed by atoms with van der Waals surface area (Å²) in [5.41, 5.74) is 0.0622. The Hall–Kier alpha value is -1.83. The van der Waals surface area contributed by atoms with E-state index in [-0.39, 0.29) is 22.3 Å². The number of rotatable bonds is 4. The maximum Gasteiger partial charge on any atom is 0.280 e. The summed E-state index contributed by atoms with van der Waals surface area (Å²) in [5.74, 6) is -0.852. The van der Waals surface area contributed by atoms with E-state index in [1.165, 1.54) is 13.3 Å². The van der Waals surface area contributed by atoms with Crippen molar-refractivity contribution in [2.75, 3.05) is 13.4 Å². The molecule has 2 heterocycles. The van der Waals surface area contributed by atoms with Crippen molar-refractivity contribution in [3.63, 3.8) is 0 Å². The van der Waals surface area contributed by atoms with E-state index in [1.807, 2.05) is 0 Å². The van der Waals surface area contributed by atoms with E-state index in [1.54, 1.807) is 6.26 Å². The highest BCUT2D eigenvalue weighted by Crippen LogP contribution is 2.27. The Bertz CT molecular complexity index is 625. The number of halogens is 3. The van der Waals surface area contributed by atoms with E-state index in [0.717, 1.165) is 23.9 Å². The number of hydrogen-bond donors (Lipinski definition) is 0. The molecule has 0 bridgehead atoms. The molecule has 4 nitrogen and oxygen atoms in total. The van der Waals surface area contributed by atoms with Crippen LogP contribution >= 0.6 is 11.8 Å². The third-order valence-electron chi connectivity index (χ3n) is 2.43. The fourth-order valence-electron chi connectivity index (χ4n) is 1.51. The van der Waals surface area contributed by atoms with E-state index in [0.29, 0.717) is 0 Å². The highest BCUT2D eigenvalue weighted by Gasteiger charge is 2.15. The van der Waals surface area contributed by atoms with Gasteiger partial charge in [0.2, 0.25) is 5.88 Å². The number of nitrogens with zero attached hydrogens (tertiary/aromatic N) is 3. The Morgan fingerprint density at radius 2 is 2.00 bits per heavy atom. The predicted molar refractivity (Wildman–Crippen MR) is 68.5 cm³/mol. The Labute approximate surface area is 117 Å². The summed E-state index contributed by atoms with van der Waals surface area (Å²) < 4.78 is 43.8. The lowest BCUT2D eigenvalue weighted by molar-refractivity contribution is 0.145. The van der Waals surface area contributed by atoms with Crippen LogP contribution in [0.3, 0.4) is 0 Å². The van der Waals surface area contributed by atoms with Crippen molar-refractivity contribution < 1.29 is 17.9 Å². The van der Waals surface area contributed by atoms with Gasteiger partial charge in [0.1, 0.15) is 5.69 Å². The first kappa shape index (κ1) is 14.6. The number of pyridine rings is 1. The summed E-state index contributed by atoms with van der Waals surface area (Å²) in [6.07, 6.45) is 0.254. The second-order valence-corrected chi connectivity index (χ2v) is 4.45. The average Bonchev–Trinajstić information content (AvgIpc) is 2.46. The number of hydrogen-bond acceptors (Lipinski definition) is 5. The summed E-state index contributed by atoms with van der Waals surface area (Å²) in [6, 6.07) is 2.25. The van der Waals surface area contributed by atoms with Gasteiger partial charge in [-0.05, 0) is 18.4 Å². The largest absolute Gasteiger partial charge is 0.479 e. The van der Waals surface area contributed by atoms with Crippen molar-refractivity contribution in [1.82, 2.24) is 15.0 Å². The third kappa shape index (κ3) is 3.01. The number of methoxy groups -OCH3 is 1. The number of alkyl halides is 2. The molecular formula is C12H10F3N3OS. The van der Waals surface area contributed by atoms with Crippen LogP contribution in [0.25, 0.3) is 11.3 Å². The quantitative estimate of drug-likeness (QED) is 0.640. The van der Waals surface area contributed by atoms with Crippen LogP contribution in [0.4, 0.5) is 13.2 Å². The van der Waals surface area contributed by atoms with Crippen LogP contribution in [0.5, 0.6) is 5.88 Å². The van der Waals surface area contributed by atoms with Gasteiger partial charge in [-0.3, -0.25) is 0 Å². The van der Waals surface area contributed by atoms with Crippen LogP contribution in [0.2, 0.25) is 0 Å². The lowest BCUT2D eigenvalue weighted by atomic mass is 10.2.